The molecule has 1 atom stereocenters. The predicted octanol–water partition coefficient (Wildman–Crippen LogP) is 1.79. The molecule has 9 heavy (non-hydrogen) atoms. The Balaban J connectivity index is 3.94. The summed E-state index contributed by atoms with van der Waals surface area (Å²) in [5, 5.41) is 0. The Morgan fingerprint density at radius 2 is 2.00 bits per heavy atom. The highest BCUT2D eigenvalue weighted by Crippen LogP contribution is 2.25. The number of hydrogen-bond donors (Lipinski definition) is 1. The molecule has 0 aromatic carbocycles. The van der Waals surface area contributed by atoms with Gasteiger partial charge in [0.2, 0.25) is 0 Å². The van der Waals surface area contributed by atoms with Gasteiger partial charge < -0.3 is 5.73 Å². The lowest BCUT2D eigenvalue weighted by Gasteiger charge is -2.26. The van der Waals surface area contributed by atoms with Gasteiger partial charge >= 0.3 is 0 Å². The lowest BCUT2D eigenvalue weighted by Crippen LogP contribution is -2.25. The summed E-state index contributed by atoms with van der Waals surface area (Å²) in [7, 11) is 0. The van der Waals surface area contributed by atoms with Crippen LogP contribution in [-0.2, 0) is 0 Å². The van der Waals surface area contributed by atoms with Crippen molar-refractivity contribution in [2.75, 3.05) is 6.54 Å². The molecule has 0 fully saturated rings. The van der Waals surface area contributed by atoms with E-state index in [1.54, 1.807) is 0 Å². The van der Waals surface area contributed by atoms with Crippen LogP contribution in [0.25, 0.3) is 0 Å². The van der Waals surface area contributed by atoms with Crippen LogP contribution in [0.5, 0.6) is 0 Å². The monoisotopic (exact) mass is 127 g/mol. The third-order valence-corrected chi connectivity index (χ3v) is 1.65. The molecule has 0 radical (unpaired) electrons. The van der Waals surface area contributed by atoms with Crippen LogP contribution in [0.1, 0.15) is 20.8 Å². The van der Waals surface area contributed by atoms with E-state index in [0.29, 0.717) is 12.5 Å². The molecule has 54 valence electrons. The largest absolute Gasteiger partial charge is 0.330 e. The molecular formula is C8H17N. The molecule has 1 unspecified atom stereocenters. The second kappa shape index (κ2) is 3.02. The van der Waals surface area contributed by atoms with Gasteiger partial charge in [0.25, 0.3) is 0 Å². The first-order chi connectivity index (χ1) is 4.02. The summed E-state index contributed by atoms with van der Waals surface area (Å²) >= 11 is 0. The van der Waals surface area contributed by atoms with E-state index in [2.05, 4.69) is 27.4 Å². The van der Waals surface area contributed by atoms with E-state index >= 15 is 0 Å². The molecule has 0 aliphatic heterocycles. The van der Waals surface area contributed by atoms with Crippen LogP contribution in [0.4, 0.5) is 0 Å². The summed E-state index contributed by atoms with van der Waals surface area (Å²) in [5.41, 5.74) is 5.77. The van der Waals surface area contributed by atoms with E-state index in [-0.39, 0.29) is 5.41 Å². The minimum Gasteiger partial charge on any atom is -0.330 e. The Hall–Kier alpha value is -0.300. The lowest BCUT2D eigenvalue weighted by molar-refractivity contribution is 0.300. The molecule has 0 aliphatic carbocycles. The predicted molar refractivity (Wildman–Crippen MR) is 42.2 cm³/mol. The smallest absolute Gasteiger partial charge is 0.000924 e. The standard InChI is InChI=1S/C8H17N/c1-5-7(6-9)8(2,3)4/h5,7H,1,6,9H2,2-4H3. The highest BCUT2D eigenvalue weighted by molar-refractivity contribution is 4.88. The van der Waals surface area contributed by atoms with Crippen LogP contribution in [-0.4, -0.2) is 6.54 Å². The molecule has 0 aliphatic rings. The molecule has 0 rings (SSSR count). The molecule has 2 N–H and O–H groups in total. The Kier molecular flexibility index (Phi) is 2.92. The van der Waals surface area contributed by atoms with Crippen LogP contribution >= 0.6 is 0 Å². The highest BCUT2D eigenvalue weighted by atomic mass is 14.6. The summed E-state index contributed by atoms with van der Waals surface area (Å²) in [4.78, 5) is 0. The summed E-state index contributed by atoms with van der Waals surface area (Å²) in [6, 6.07) is 0. The third kappa shape index (κ3) is 2.66. The van der Waals surface area contributed by atoms with Gasteiger partial charge in [-0.05, 0) is 17.9 Å². The normalized spacial score (nSPS) is 15.1. The van der Waals surface area contributed by atoms with Gasteiger partial charge in [0.05, 0.1) is 0 Å². The maximum Gasteiger partial charge on any atom is -0.000924 e. The number of hydrogen-bond acceptors (Lipinski definition) is 1. The lowest BCUT2D eigenvalue weighted by atomic mass is 9.81. The summed E-state index contributed by atoms with van der Waals surface area (Å²) in [5.74, 6) is 0.442. The Bertz CT molecular complexity index is 89.2. The average molecular weight is 127 g/mol. The Morgan fingerprint density at radius 3 is 2.00 bits per heavy atom. The summed E-state index contributed by atoms with van der Waals surface area (Å²) in [6.07, 6.45) is 1.93. The SMILES string of the molecule is C=CC(CN)C(C)(C)C. The van der Waals surface area contributed by atoms with Gasteiger partial charge in [-0.2, -0.15) is 0 Å². The van der Waals surface area contributed by atoms with Crippen molar-refractivity contribution in [3.05, 3.63) is 12.7 Å². The minimum atomic E-state index is 0.274. The van der Waals surface area contributed by atoms with Crippen LogP contribution in [0, 0.1) is 11.3 Å². The first-order valence-corrected chi connectivity index (χ1v) is 3.35. The van der Waals surface area contributed by atoms with Gasteiger partial charge in [-0.25, -0.2) is 0 Å². The van der Waals surface area contributed by atoms with Crippen molar-refractivity contribution < 1.29 is 0 Å². The van der Waals surface area contributed by atoms with Crippen molar-refractivity contribution in [3.63, 3.8) is 0 Å². The fraction of sp³-hybridized carbons (Fsp3) is 0.750. The zero-order valence-corrected chi connectivity index (χ0v) is 6.65. The third-order valence-electron chi connectivity index (χ3n) is 1.65. The topological polar surface area (TPSA) is 26.0 Å². The molecule has 0 amide bonds. The van der Waals surface area contributed by atoms with Crippen LogP contribution in [0.3, 0.4) is 0 Å². The van der Waals surface area contributed by atoms with Crippen molar-refractivity contribution in [2.24, 2.45) is 17.1 Å². The number of nitrogens with two attached hydrogens (primary N) is 1. The van der Waals surface area contributed by atoms with Crippen LogP contribution < -0.4 is 5.73 Å². The zero-order chi connectivity index (χ0) is 7.49. The van der Waals surface area contributed by atoms with Crippen molar-refractivity contribution in [2.45, 2.75) is 20.8 Å². The summed E-state index contributed by atoms with van der Waals surface area (Å²) in [6.45, 7) is 10.9. The fourth-order valence-corrected chi connectivity index (χ4v) is 0.803. The van der Waals surface area contributed by atoms with Gasteiger partial charge in [0.1, 0.15) is 0 Å². The first-order valence-electron chi connectivity index (χ1n) is 3.35. The van der Waals surface area contributed by atoms with E-state index in [4.69, 9.17) is 5.73 Å². The van der Waals surface area contributed by atoms with E-state index in [1.165, 1.54) is 0 Å². The molecule has 0 saturated carbocycles. The molecular weight excluding hydrogens is 110 g/mol. The minimum absolute atomic E-state index is 0.274. The Morgan fingerprint density at radius 1 is 1.56 bits per heavy atom. The molecule has 0 spiro atoms. The van der Waals surface area contributed by atoms with E-state index in [0.717, 1.165) is 0 Å². The molecule has 1 heteroatoms. The van der Waals surface area contributed by atoms with Crippen molar-refractivity contribution in [1.82, 2.24) is 0 Å². The van der Waals surface area contributed by atoms with Gasteiger partial charge in [-0.15, -0.1) is 6.58 Å². The zero-order valence-electron chi connectivity index (χ0n) is 6.65. The van der Waals surface area contributed by atoms with E-state index in [1.807, 2.05) is 6.08 Å². The molecule has 0 aromatic heterocycles. The van der Waals surface area contributed by atoms with Gasteiger partial charge in [0.15, 0.2) is 0 Å². The average Bonchev–Trinajstić information content (AvgIpc) is 1.65. The fourth-order valence-electron chi connectivity index (χ4n) is 0.803. The maximum atomic E-state index is 5.50. The maximum absolute atomic E-state index is 5.50. The van der Waals surface area contributed by atoms with Gasteiger partial charge in [-0.1, -0.05) is 26.8 Å². The van der Waals surface area contributed by atoms with Crippen molar-refractivity contribution >= 4 is 0 Å². The van der Waals surface area contributed by atoms with Gasteiger partial charge in [-0.3, -0.25) is 0 Å². The summed E-state index contributed by atoms with van der Waals surface area (Å²) < 4.78 is 0. The second-order valence-electron chi connectivity index (χ2n) is 3.44. The van der Waals surface area contributed by atoms with E-state index < -0.39 is 0 Å². The highest BCUT2D eigenvalue weighted by Gasteiger charge is 2.19. The number of rotatable bonds is 2. The second-order valence-corrected chi connectivity index (χ2v) is 3.44. The molecule has 0 bridgehead atoms. The molecule has 0 heterocycles. The first kappa shape index (κ1) is 8.70. The van der Waals surface area contributed by atoms with Gasteiger partial charge in [0, 0.05) is 0 Å². The molecule has 1 nitrogen and oxygen atoms in total. The Labute approximate surface area is 57.9 Å². The van der Waals surface area contributed by atoms with Crippen LogP contribution in [0.2, 0.25) is 0 Å². The molecule has 0 aromatic rings. The quantitative estimate of drug-likeness (QED) is 0.562. The van der Waals surface area contributed by atoms with Crippen LogP contribution in [0.15, 0.2) is 12.7 Å². The van der Waals surface area contributed by atoms with Crippen molar-refractivity contribution in [1.29, 1.82) is 0 Å². The van der Waals surface area contributed by atoms with E-state index in [9.17, 15) is 0 Å². The molecule has 0 saturated heterocycles. The van der Waals surface area contributed by atoms with Crippen molar-refractivity contribution in [3.8, 4) is 0 Å².